The Kier molecular flexibility index (Phi) is 5.99. The Morgan fingerprint density at radius 1 is 1.30 bits per heavy atom. The minimum atomic E-state index is -4.69. The molecule has 0 radical (unpaired) electrons. The van der Waals surface area contributed by atoms with Gasteiger partial charge in [-0.3, -0.25) is 9.36 Å². The average Bonchev–Trinajstić information content (AvgIpc) is 2.98. The predicted molar refractivity (Wildman–Crippen MR) is 109 cm³/mol. The Morgan fingerprint density at radius 2 is 2.00 bits per heavy atom. The molecule has 0 fully saturated rings. The van der Waals surface area contributed by atoms with Gasteiger partial charge in [0.1, 0.15) is 5.66 Å². The molecular weight excluding hydrogens is 407 g/mol. The van der Waals surface area contributed by atoms with Gasteiger partial charge in [0.25, 0.3) is 0 Å². The maximum atomic E-state index is 12.6. The average molecular weight is 425 g/mol. The van der Waals surface area contributed by atoms with E-state index in [9.17, 15) is 19.1 Å². The van der Waals surface area contributed by atoms with Gasteiger partial charge in [-0.05, 0) is 47.5 Å². The molecule has 0 spiro atoms. The van der Waals surface area contributed by atoms with Gasteiger partial charge in [0, 0.05) is 33.5 Å². The van der Waals surface area contributed by atoms with Gasteiger partial charge in [0.05, 0.1) is 0 Å². The molecule has 2 unspecified atom stereocenters. The second-order valence-electron chi connectivity index (χ2n) is 6.14. The van der Waals surface area contributed by atoms with Crippen LogP contribution in [0.5, 0.6) is 0 Å². The quantitative estimate of drug-likeness (QED) is 0.432. The molecule has 1 aliphatic rings. The number of carbonyl (C=O) groups excluding carboxylic acids is 1. The maximum absolute atomic E-state index is 12.6. The van der Waals surface area contributed by atoms with Crippen molar-refractivity contribution in [3.8, 4) is 0 Å². The zero-order chi connectivity index (χ0) is 19.6. The second kappa shape index (κ2) is 8.09. The summed E-state index contributed by atoms with van der Waals surface area (Å²) in [5.41, 5.74) is 6.24. The summed E-state index contributed by atoms with van der Waals surface area (Å²) in [5, 5.41) is 2.96. The van der Waals surface area contributed by atoms with Crippen molar-refractivity contribution in [3.05, 3.63) is 64.8 Å². The number of nitrogen functional groups attached to an aromatic ring is 1. The summed E-state index contributed by atoms with van der Waals surface area (Å²) in [6.07, 6.45) is 3.00. The number of rotatable bonds is 5. The monoisotopic (exact) mass is 424 g/mol. The van der Waals surface area contributed by atoms with Gasteiger partial charge in [0.15, 0.2) is 0 Å². The van der Waals surface area contributed by atoms with Crippen LogP contribution in [-0.4, -0.2) is 27.1 Å². The molecule has 6 nitrogen and oxygen atoms in total. The Bertz CT molecular complexity index is 929. The van der Waals surface area contributed by atoms with Gasteiger partial charge in [-0.2, -0.15) is 0 Å². The van der Waals surface area contributed by atoms with E-state index in [2.05, 4.69) is 5.32 Å². The number of fused-ring (bicyclic) bond motifs is 1. The van der Waals surface area contributed by atoms with Crippen molar-refractivity contribution < 1.29 is 19.1 Å². The van der Waals surface area contributed by atoms with E-state index in [0.717, 1.165) is 10.5 Å². The summed E-state index contributed by atoms with van der Waals surface area (Å²) < 4.78 is 12.1. The van der Waals surface area contributed by atoms with Crippen molar-refractivity contribution in [2.75, 3.05) is 11.5 Å². The first-order valence-electron chi connectivity index (χ1n) is 8.05. The molecule has 142 valence electrons. The van der Waals surface area contributed by atoms with Gasteiger partial charge >= 0.3 is 7.60 Å². The smallest absolute Gasteiger partial charge is 0.338 e. The lowest BCUT2D eigenvalue weighted by atomic mass is 9.97. The number of benzene rings is 2. The first kappa shape index (κ1) is 20.0. The van der Waals surface area contributed by atoms with Gasteiger partial charge in [0.2, 0.25) is 5.91 Å². The molecular formula is C18H18ClN2O4PS. The molecule has 0 bridgehead atoms. The second-order valence-corrected chi connectivity index (χ2v) is 9.37. The predicted octanol–water partition coefficient (Wildman–Crippen LogP) is 3.44. The van der Waals surface area contributed by atoms with Crippen molar-refractivity contribution in [2.45, 2.75) is 16.5 Å². The molecule has 2 atom stereocenters. The van der Waals surface area contributed by atoms with Crippen molar-refractivity contribution in [2.24, 2.45) is 0 Å². The van der Waals surface area contributed by atoms with E-state index in [1.54, 1.807) is 48.5 Å². The minimum Gasteiger partial charge on any atom is -0.399 e. The number of thioether (sulfide) groups is 1. The highest BCUT2D eigenvalue weighted by molar-refractivity contribution is 7.99. The summed E-state index contributed by atoms with van der Waals surface area (Å²) in [6.45, 7) is 0. The third-order valence-corrected chi connectivity index (χ3v) is 7.00. The molecule has 27 heavy (non-hydrogen) atoms. The zero-order valence-corrected chi connectivity index (χ0v) is 16.5. The van der Waals surface area contributed by atoms with E-state index in [0.29, 0.717) is 22.0 Å². The molecule has 2 aromatic rings. The highest BCUT2D eigenvalue weighted by Crippen LogP contribution is 2.53. The summed E-state index contributed by atoms with van der Waals surface area (Å²) >= 11 is 7.48. The van der Waals surface area contributed by atoms with Gasteiger partial charge in [-0.15, -0.1) is 11.8 Å². The number of nitrogens with two attached hydrogens (primary N) is 1. The number of carbonyl (C=O) groups is 1. The fourth-order valence-corrected chi connectivity index (χ4v) is 5.66. The molecule has 1 heterocycles. The number of nitrogens with one attached hydrogen (secondary N) is 1. The third-order valence-electron chi connectivity index (χ3n) is 4.24. The number of hydrogen-bond donors (Lipinski definition) is 4. The minimum absolute atomic E-state index is 0.403. The highest BCUT2D eigenvalue weighted by Gasteiger charge is 2.45. The van der Waals surface area contributed by atoms with Crippen LogP contribution in [0.2, 0.25) is 5.02 Å². The van der Waals surface area contributed by atoms with Crippen LogP contribution in [0, 0.1) is 0 Å². The van der Waals surface area contributed by atoms with Crippen molar-refractivity contribution in [1.82, 2.24) is 5.32 Å². The Morgan fingerprint density at radius 3 is 2.67 bits per heavy atom. The lowest BCUT2D eigenvalue weighted by molar-refractivity contribution is -0.120. The van der Waals surface area contributed by atoms with Gasteiger partial charge in [-0.1, -0.05) is 23.7 Å². The molecule has 2 aromatic carbocycles. The first-order valence-corrected chi connectivity index (χ1v) is 11.1. The fourth-order valence-electron chi connectivity index (χ4n) is 2.95. The molecule has 0 aliphatic carbocycles. The number of halogens is 1. The summed E-state index contributed by atoms with van der Waals surface area (Å²) in [4.78, 5) is 33.1. The molecule has 1 amide bonds. The molecule has 5 N–H and O–H groups in total. The van der Waals surface area contributed by atoms with Crippen LogP contribution in [0.4, 0.5) is 5.69 Å². The Labute approximate surface area is 166 Å². The van der Waals surface area contributed by atoms with Crippen LogP contribution in [-0.2, 0) is 9.36 Å². The maximum Gasteiger partial charge on any atom is 0.338 e. The van der Waals surface area contributed by atoms with E-state index >= 15 is 0 Å². The summed E-state index contributed by atoms with van der Waals surface area (Å²) in [6, 6.07) is 12.2. The largest absolute Gasteiger partial charge is 0.399 e. The topological polar surface area (TPSA) is 113 Å². The Hall–Kier alpha value is -1.76. The van der Waals surface area contributed by atoms with Crippen LogP contribution in [0.25, 0.3) is 6.08 Å². The fraction of sp³-hybridized carbons (Fsp3) is 0.167. The number of amides is 1. The standard InChI is InChI=1S/C18H18ClN2O4PS/c19-12-3-6-16-14(9-12)15(10-27-16)17(26(23,24)25)18(22)21-8-7-11-1-4-13(20)5-2-11/h1-9,15,17H,10,20H2,(H,21,22)(H2,23,24,25)/b8-7+. The van der Waals surface area contributed by atoms with Crippen LogP contribution >= 0.6 is 31.0 Å². The SMILES string of the molecule is Nc1ccc(/C=C/NC(=O)C(C2CSc3ccc(Cl)cc32)P(=O)(O)O)cc1. The molecule has 0 aromatic heterocycles. The molecule has 0 saturated heterocycles. The van der Waals surface area contributed by atoms with Gasteiger partial charge in [-0.25, -0.2) is 0 Å². The Balaban J connectivity index is 1.80. The van der Waals surface area contributed by atoms with Crippen LogP contribution < -0.4 is 11.1 Å². The number of anilines is 1. The summed E-state index contributed by atoms with van der Waals surface area (Å²) in [5.74, 6) is -0.941. The third kappa shape index (κ3) is 4.75. The van der Waals surface area contributed by atoms with E-state index in [1.165, 1.54) is 18.0 Å². The zero-order valence-electron chi connectivity index (χ0n) is 14.1. The normalized spacial score (nSPS) is 17.7. The van der Waals surface area contributed by atoms with E-state index in [-0.39, 0.29) is 0 Å². The van der Waals surface area contributed by atoms with Crippen molar-refractivity contribution in [1.29, 1.82) is 0 Å². The molecule has 1 aliphatic heterocycles. The lowest BCUT2D eigenvalue weighted by Gasteiger charge is -2.23. The molecule has 0 saturated carbocycles. The van der Waals surface area contributed by atoms with Gasteiger partial charge < -0.3 is 20.8 Å². The van der Waals surface area contributed by atoms with Crippen LogP contribution in [0.15, 0.2) is 53.6 Å². The lowest BCUT2D eigenvalue weighted by Crippen LogP contribution is -2.36. The molecule has 3 rings (SSSR count). The summed E-state index contributed by atoms with van der Waals surface area (Å²) in [7, 11) is -4.69. The van der Waals surface area contributed by atoms with Crippen molar-refractivity contribution in [3.63, 3.8) is 0 Å². The first-order chi connectivity index (χ1) is 12.8. The highest BCUT2D eigenvalue weighted by atomic mass is 35.5. The van der Waals surface area contributed by atoms with Crippen molar-refractivity contribution >= 4 is 48.6 Å². The van der Waals surface area contributed by atoms with Crippen LogP contribution in [0.3, 0.4) is 0 Å². The van der Waals surface area contributed by atoms with Crippen LogP contribution in [0.1, 0.15) is 17.0 Å². The van der Waals surface area contributed by atoms with E-state index < -0.39 is 25.1 Å². The molecule has 9 heteroatoms. The number of hydrogen-bond acceptors (Lipinski definition) is 4. The van der Waals surface area contributed by atoms with E-state index in [1.807, 2.05) is 0 Å². The van der Waals surface area contributed by atoms with E-state index in [4.69, 9.17) is 17.3 Å².